The molecule has 0 aliphatic heterocycles. The fourth-order valence-corrected chi connectivity index (χ4v) is 10.2. The van der Waals surface area contributed by atoms with Gasteiger partial charge in [-0.25, -0.2) is 9.98 Å². The van der Waals surface area contributed by atoms with Crippen molar-refractivity contribution in [3.05, 3.63) is 258 Å². The van der Waals surface area contributed by atoms with Crippen LogP contribution in [0.15, 0.2) is 234 Å². The van der Waals surface area contributed by atoms with E-state index in [9.17, 15) is 5.41 Å². The number of benzene rings is 8. The van der Waals surface area contributed by atoms with Gasteiger partial charge in [-0.2, -0.15) is 0 Å². The Morgan fingerprint density at radius 2 is 1.17 bits per heavy atom. The third-order valence-corrected chi connectivity index (χ3v) is 13.3. The zero-order chi connectivity index (χ0) is 46.1. The van der Waals surface area contributed by atoms with Crippen LogP contribution in [0, 0.1) is 17.3 Å². The Morgan fingerprint density at radius 3 is 1.91 bits per heavy atom. The molecule has 5 heteroatoms. The molecular formula is C64H45N5. The lowest BCUT2D eigenvalue weighted by atomic mass is 9.90. The van der Waals surface area contributed by atoms with Crippen molar-refractivity contribution in [1.82, 2.24) is 9.13 Å². The number of hydrogen-bond donors (Lipinski definition) is 1. The lowest BCUT2D eigenvalue weighted by molar-refractivity contribution is 0.862. The van der Waals surface area contributed by atoms with Gasteiger partial charge in [0, 0.05) is 62.6 Å². The van der Waals surface area contributed by atoms with Gasteiger partial charge in [0.1, 0.15) is 0 Å². The fourth-order valence-electron chi connectivity index (χ4n) is 10.2. The Kier molecular flexibility index (Phi) is 10.7. The number of fused-ring (bicyclic) bond motifs is 7. The molecule has 0 spiro atoms. The number of para-hydroxylation sites is 3. The van der Waals surface area contributed by atoms with E-state index in [2.05, 4.69) is 197 Å². The largest absolute Gasteiger partial charge is 0.312 e. The lowest BCUT2D eigenvalue weighted by Crippen LogP contribution is -2.13. The van der Waals surface area contributed by atoms with Crippen LogP contribution in [0.3, 0.4) is 0 Å². The van der Waals surface area contributed by atoms with E-state index in [1.54, 1.807) is 0 Å². The summed E-state index contributed by atoms with van der Waals surface area (Å²) in [6, 6.07) is 72.1. The number of hydrogen-bond acceptors (Lipinski definition) is 1. The number of amidine groups is 2. The van der Waals surface area contributed by atoms with E-state index < -0.39 is 0 Å². The summed E-state index contributed by atoms with van der Waals surface area (Å²) in [5.41, 5.74) is 18.6. The van der Waals surface area contributed by atoms with Crippen LogP contribution in [0.25, 0.3) is 72.3 Å². The highest BCUT2D eigenvalue weighted by Gasteiger charge is 2.32. The summed E-state index contributed by atoms with van der Waals surface area (Å²) in [5.74, 6) is 7.20. The normalized spacial score (nSPS) is 13.2. The molecule has 0 saturated heterocycles. The molecule has 1 N–H and O–H groups in total. The summed E-state index contributed by atoms with van der Waals surface area (Å²) in [6.45, 7) is 0. The average molecular weight is 884 g/mol. The highest BCUT2D eigenvalue weighted by molar-refractivity contribution is 6.14. The van der Waals surface area contributed by atoms with Crippen molar-refractivity contribution in [1.29, 1.82) is 5.41 Å². The predicted molar refractivity (Wildman–Crippen MR) is 287 cm³/mol. The van der Waals surface area contributed by atoms with E-state index >= 15 is 0 Å². The standard InChI is InChI=1S/C64H45N5/c65-63(67-64(49-27-13-5-14-28-49)66-43-44-35-37-46(38-36-44)45-21-9-3-10-22-45)50-41-55(47-23-7-1-2-8-24-47)61(56(42-50)48-25-11-4-12-26-48)69-58-34-20-18-32-54(58)60-59(69)40-39-53-52-31-17-19-33-57(52)68(62(53)60)51-29-15-6-16-30-51/h1,3-7,9-23,25-38,41-43,65H,24,39-40H2. The predicted octanol–water partition coefficient (Wildman–Crippen LogP) is 14.9. The molecule has 69 heavy (non-hydrogen) atoms. The van der Waals surface area contributed by atoms with Crippen molar-refractivity contribution in [3.8, 4) is 56.7 Å². The minimum absolute atomic E-state index is 0.114. The van der Waals surface area contributed by atoms with Crippen molar-refractivity contribution >= 4 is 45.3 Å². The van der Waals surface area contributed by atoms with Gasteiger partial charge in [-0.3, -0.25) is 5.41 Å². The first-order chi connectivity index (χ1) is 34.2. The molecule has 12 rings (SSSR count). The number of aliphatic imine (C=N–C) groups is 2. The first-order valence-electron chi connectivity index (χ1n) is 23.5. The van der Waals surface area contributed by atoms with Gasteiger partial charge >= 0.3 is 0 Å². The number of nitrogens with zero attached hydrogens (tertiary/aromatic N) is 4. The quantitative estimate of drug-likeness (QED) is 0.0898. The molecule has 2 aromatic heterocycles. The van der Waals surface area contributed by atoms with E-state index in [0.29, 0.717) is 17.8 Å². The van der Waals surface area contributed by atoms with Crippen LogP contribution in [0.5, 0.6) is 0 Å². The summed E-state index contributed by atoms with van der Waals surface area (Å²) in [6.07, 6.45) is 10.2. The smallest absolute Gasteiger partial charge is 0.161 e. The van der Waals surface area contributed by atoms with Crippen molar-refractivity contribution < 1.29 is 0 Å². The first kappa shape index (κ1) is 41.3. The van der Waals surface area contributed by atoms with Gasteiger partial charge in [0.05, 0.1) is 22.4 Å². The Morgan fingerprint density at radius 1 is 0.565 bits per heavy atom. The molecule has 2 heterocycles. The Labute approximate surface area is 401 Å². The molecule has 326 valence electrons. The second-order valence-corrected chi connectivity index (χ2v) is 17.4. The van der Waals surface area contributed by atoms with Crippen LogP contribution in [0.2, 0.25) is 0 Å². The van der Waals surface area contributed by atoms with Gasteiger partial charge < -0.3 is 9.13 Å². The van der Waals surface area contributed by atoms with Crippen molar-refractivity contribution in [2.45, 2.75) is 19.3 Å². The molecule has 0 unspecified atom stereocenters. The topological polar surface area (TPSA) is 58.4 Å². The van der Waals surface area contributed by atoms with Crippen molar-refractivity contribution in [2.75, 3.05) is 0 Å². The number of nitrogens with one attached hydrogen (secondary N) is 1. The number of aromatic nitrogens is 2. The zero-order valence-electron chi connectivity index (χ0n) is 37.8. The Balaban J connectivity index is 1.07. The van der Waals surface area contributed by atoms with Gasteiger partial charge in [-0.05, 0) is 88.7 Å². The van der Waals surface area contributed by atoms with Gasteiger partial charge in [0.25, 0.3) is 0 Å². The van der Waals surface area contributed by atoms with Crippen LogP contribution in [-0.4, -0.2) is 27.0 Å². The highest BCUT2D eigenvalue weighted by Crippen LogP contribution is 2.49. The van der Waals surface area contributed by atoms with E-state index in [-0.39, 0.29) is 5.84 Å². The maximum absolute atomic E-state index is 9.86. The van der Waals surface area contributed by atoms with Crippen LogP contribution in [0.4, 0.5) is 0 Å². The summed E-state index contributed by atoms with van der Waals surface area (Å²) in [5, 5.41) is 12.4. The van der Waals surface area contributed by atoms with Gasteiger partial charge in [0.2, 0.25) is 0 Å². The second kappa shape index (κ2) is 17.9. The number of aryl methyl sites for hydroxylation is 1. The molecule has 10 aromatic rings. The van der Waals surface area contributed by atoms with E-state index in [4.69, 9.17) is 9.98 Å². The summed E-state index contributed by atoms with van der Waals surface area (Å²) in [7, 11) is 0. The van der Waals surface area contributed by atoms with Crippen molar-refractivity contribution in [3.63, 3.8) is 0 Å². The molecule has 5 nitrogen and oxygen atoms in total. The van der Waals surface area contributed by atoms with Crippen LogP contribution < -0.4 is 0 Å². The average Bonchev–Trinajstić information content (AvgIpc) is 3.78. The van der Waals surface area contributed by atoms with Crippen LogP contribution >= 0.6 is 0 Å². The van der Waals surface area contributed by atoms with E-state index in [1.165, 1.54) is 38.8 Å². The SMILES string of the molecule is N=C(N=C(N=Cc1ccc(-c2ccccc2)cc1)c1ccccc1)c1cc(C2=CC=CC#CC2)c(-n2c3c(c4ccccc42)-c2c(c4ccccc4n2-c2ccccc2)CC3)c(-c2ccccc2)c1. The minimum atomic E-state index is 0.114. The van der Waals surface area contributed by atoms with Crippen LogP contribution in [-0.2, 0) is 12.8 Å². The molecule has 0 saturated carbocycles. The molecule has 0 radical (unpaired) electrons. The van der Waals surface area contributed by atoms with Crippen LogP contribution in [0.1, 0.15) is 39.9 Å². The van der Waals surface area contributed by atoms with E-state index in [0.717, 1.165) is 74.3 Å². The molecule has 0 amide bonds. The lowest BCUT2D eigenvalue weighted by Gasteiger charge is -2.24. The molecule has 2 aliphatic carbocycles. The monoisotopic (exact) mass is 883 g/mol. The summed E-state index contributed by atoms with van der Waals surface area (Å²) >= 11 is 0. The third-order valence-electron chi connectivity index (χ3n) is 13.3. The van der Waals surface area contributed by atoms with E-state index in [1.807, 2.05) is 54.8 Å². The summed E-state index contributed by atoms with van der Waals surface area (Å²) in [4.78, 5) is 10.0. The maximum Gasteiger partial charge on any atom is 0.161 e. The summed E-state index contributed by atoms with van der Waals surface area (Å²) < 4.78 is 5.00. The highest BCUT2D eigenvalue weighted by atomic mass is 15.0. The molecule has 8 aromatic carbocycles. The molecule has 2 aliphatic rings. The van der Waals surface area contributed by atoms with Crippen molar-refractivity contribution in [2.24, 2.45) is 9.98 Å². The first-order valence-corrected chi connectivity index (χ1v) is 23.5. The van der Waals surface area contributed by atoms with Gasteiger partial charge in [0.15, 0.2) is 11.7 Å². The molecule has 0 atom stereocenters. The molecule has 0 fully saturated rings. The fraction of sp³-hybridized carbons (Fsp3) is 0.0469. The van der Waals surface area contributed by atoms with Gasteiger partial charge in [-0.1, -0.05) is 194 Å². The molecular weight excluding hydrogens is 839 g/mol. The molecule has 0 bridgehead atoms. The Bertz CT molecular complexity index is 3780. The Hall–Kier alpha value is -9.11. The number of rotatable bonds is 8. The van der Waals surface area contributed by atoms with Gasteiger partial charge in [-0.15, -0.1) is 0 Å². The zero-order valence-corrected chi connectivity index (χ0v) is 37.8. The minimum Gasteiger partial charge on any atom is -0.312 e. The number of allylic oxidation sites excluding steroid dienone is 4. The maximum atomic E-state index is 9.86. The third kappa shape index (κ3) is 7.65. The second-order valence-electron chi connectivity index (χ2n) is 17.4.